The van der Waals surface area contributed by atoms with E-state index in [-0.39, 0.29) is 19.1 Å². The Hall–Kier alpha value is -2.26. The quantitative estimate of drug-likeness (QED) is 0.519. The minimum Gasteiger partial charge on any atom is -0.394 e. The van der Waals surface area contributed by atoms with Crippen molar-refractivity contribution in [2.45, 2.75) is 6.54 Å². The summed E-state index contributed by atoms with van der Waals surface area (Å²) in [6, 6.07) is 10.2. The molecule has 3 aromatic rings. The molecule has 0 radical (unpaired) electrons. The maximum absolute atomic E-state index is 12.3. The van der Waals surface area contributed by atoms with Gasteiger partial charge in [-0.1, -0.05) is 18.2 Å². The third-order valence-corrected chi connectivity index (χ3v) is 4.92. The van der Waals surface area contributed by atoms with E-state index >= 15 is 0 Å². The van der Waals surface area contributed by atoms with Crippen LogP contribution in [0.25, 0.3) is 21.6 Å². The monoisotopic (exact) mass is 389 g/mol. The SMILES string of the molecule is COCCn1c(-c2nc(C(=O)NCCOCCO)cs2)cc2ccccc21. The zero-order valence-corrected chi connectivity index (χ0v) is 16.0. The molecule has 2 aromatic heterocycles. The van der Waals surface area contributed by atoms with Gasteiger partial charge in [0.1, 0.15) is 10.7 Å². The number of aliphatic hydroxyl groups excluding tert-OH is 1. The number of nitrogens with zero attached hydrogens (tertiary/aromatic N) is 2. The third kappa shape index (κ3) is 4.72. The van der Waals surface area contributed by atoms with Crippen LogP contribution in [-0.4, -0.2) is 60.6 Å². The van der Waals surface area contributed by atoms with E-state index in [1.54, 1.807) is 12.5 Å². The molecule has 0 aliphatic rings. The van der Waals surface area contributed by atoms with Gasteiger partial charge >= 0.3 is 0 Å². The number of para-hydroxylation sites is 1. The Morgan fingerprint density at radius 2 is 2.15 bits per heavy atom. The number of hydrogen-bond donors (Lipinski definition) is 2. The Labute approximate surface area is 161 Å². The summed E-state index contributed by atoms with van der Waals surface area (Å²) in [6.45, 7) is 2.28. The first kappa shape index (κ1) is 19.5. The fourth-order valence-corrected chi connectivity index (χ4v) is 3.62. The molecule has 0 fully saturated rings. The number of benzene rings is 1. The van der Waals surface area contributed by atoms with E-state index in [9.17, 15) is 4.79 Å². The molecule has 0 aliphatic heterocycles. The van der Waals surface area contributed by atoms with Gasteiger partial charge in [0, 0.05) is 36.5 Å². The van der Waals surface area contributed by atoms with Crippen LogP contribution < -0.4 is 5.32 Å². The van der Waals surface area contributed by atoms with Crippen molar-refractivity contribution in [2.24, 2.45) is 0 Å². The van der Waals surface area contributed by atoms with Crippen LogP contribution in [0.3, 0.4) is 0 Å². The second-order valence-corrected chi connectivity index (χ2v) is 6.72. The first-order valence-corrected chi connectivity index (χ1v) is 9.62. The van der Waals surface area contributed by atoms with Gasteiger partial charge < -0.3 is 24.5 Å². The summed E-state index contributed by atoms with van der Waals surface area (Å²) in [4.78, 5) is 16.8. The van der Waals surface area contributed by atoms with Gasteiger partial charge in [-0.25, -0.2) is 4.98 Å². The molecular weight excluding hydrogens is 366 g/mol. The van der Waals surface area contributed by atoms with Gasteiger partial charge in [-0.3, -0.25) is 4.79 Å². The lowest BCUT2D eigenvalue weighted by Gasteiger charge is -2.08. The first-order chi connectivity index (χ1) is 13.2. The second kappa shape index (κ2) is 9.61. The highest BCUT2D eigenvalue weighted by molar-refractivity contribution is 7.13. The molecule has 0 saturated carbocycles. The van der Waals surface area contributed by atoms with E-state index in [2.05, 4.69) is 33.1 Å². The number of hydrogen-bond acceptors (Lipinski definition) is 6. The first-order valence-electron chi connectivity index (χ1n) is 8.74. The Bertz CT molecular complexity index is 890. The Balaban J connectivity index is 1.76. The van der Waals surface area contributed by atoms with Crippen molar-refractivity contribution in [1.29, 1.82) is 0 Å². The third-order valence-electron chi connectivity index (χ3n) is 4.05. The van der Waals surface area contributed by atoms with Crippen LogP contribution in [0.2, 0.25) is 0 Å². The van der Waals surface area contributed by atoms with Gasteiger partial charge in [-0.05, 0) is 12.1 Å². The van der Waals surface area contributed by atoms with Crippen molar-refractivity contribution in [3.8, 4) is 10.7 Å². The lowest BCUT2D eigenvalue weighted by Crippen LogP contribution is -2.27. The summed E-state index contributed by atoms with van der Waals surface area (Å²) < 4.78 is 12.5. The minimum absolute atomic E-state index is 0.0273. The maximum Gasteiger partial charge on any atom is 0.270 e. The van der Waals surface area contributed by atoms with Gasteiger partial charge in [-0.2, -0.15) is 0 Å². The van der Waals surface area contributed by atoms with Crippen molar-refractivity contribution < 1.29 is 19.4 Å². The van der Waals surface area contributed by atoms with Crippen molar-refractivity contribution in [1.82, 2.24) is 14.9 Å². The normalized spacial score (nSPS) is 11.2. The fraction of sp³-hybridized carbons (Fsp3) is 0.368. The lowest BCUT2D eigenvalue weighted by molar-refractivity contribution is 0.0835. The van der Waals surface area contributed by atoms with Crippen molar-refractivity contribution in [3.63, 3.8) is 0 Å². The molecule has 27 heavy (non-hydrogen) atoms. The standard InChI is InChI=1S/C19H23N3O4S/c1-25-10-7-22-16-5-3-2-4-14(16)12-17(22)19-21-15(13-27-19)18(24)20-6-9-26-11-8-23/h2-5,12-13,23H,6-11H2,1H3,(H,20,24). The van der Waals surface area contributed by atoms with E-state index < -0.39 is 0 Å². The minimum atomic E-state index is -0.232. The summed E-state index contributed by atoms with van der Waals surface area (Å²) in [7, 11) is 1.68. The van der Waals surface area contributed by atoms with Gasteiger partial charge in [0.15, 0.2) is 0 Å². The van der Waals surface area contributed by atoms with Crippen molar-refractivity contribution >= 4 is 28.1 Å². The maximum atomic E-state index is 12.3. The molecule has 144 valence electrons. The van der Waals surface area contributed by atoms with E-state index in [0.717, 1.165) is 21.6 Å². The van der Waals surface area contributed by atoms with Crippen molar-refractivity contribution in [2.75, 3.05) is 40.1 Å². The van der Waals surface area contributed by atoms with Gasteiger partial charge in [0.05, 0.1) is 32.1 Å². The number of carbonyl (C=O) groups is 1. The topological polar surface area (TPSA) is 85.6 Å². The summed E-state index contributed by atoms with van der Waals surface area (Å²) in [6.07, 6.45) is 0. The van der Waals surface area contributed by atoms with E-state index in [1.165, 1.54) is 11.3 Å². The zero-order valence-electron chi connectivity index (χ0n) is 15.2. The molecule has 0 spiro atoms. The predicted molar refractivity (Wildman–Crippen MR) is 105 cm³/mol. The Kier molecular flexibility index (Phi) is 6.94. The number of fused-ring (bicyclic) bond motifs is 1. The molecule has 2 N–H and O–H groups in total. The molecule has 0 unspecified atom stereocenters. The number of carbonyl (C=O) groups excluding carboxylic acids is 1. The van der Waals surface area contributed by atoms with Crippen LogP contribution in [0, 0.1) is 0 Å². The molecule has 1 aromatic carbocycles. The van der Waals surface area contributed by atoms with Crippen LogP contribution in [0.4, 0.5) is 0 Å². The molecule has 0 saturated heterocycles. The number of ether oxygens (including phenoxy) is 2. The molecule has 0 bridgehead atoms. The lowest BCUT2D eigenvalue weighted by atomic mass is 10.2. The molecule has 0 atom stereocenters. The summed E-state index contributed by atoms with van der Waals surface area (Å²) in [5.41, 5.74) is 2.48. The summed E-state index contributed by atoms with van der Waals surface area (Å²) in [5.74, 6) is -0.232. The Morgan fingerprint density at radius 3 is 2.96 bits per heavy atom. The van der Waals surface area contributed by atoms with Crippen LogP contribution >= 0.6 is 11.3 Å². The van der Waals surface area contributed by atoms with E-state index in [0.29, 0.717) is 32.0 Å². The average molecular weight is 389 g/mol. The average Bonchev–Trinajstić information content (AvgIpc) is 3.31. The molecule has 7 nitrogen and oxygen atoms in total. The van der Waals surface area contributed by atoms with Gasteiger partial charge in [-0.15, -0.1) is 11.3 Å². The van der Waals surface area contributed by atoms with Gasteiger partial charge in [0.25, 0.3) is 5.91 Å². The number of aliphatic hydroxyl groups is 1. The number of thiazole rings is 1. The number of amides is 1. The number of rotatable bonds is 10. The van der Waals surface area contributed by atoms with Crippen molar-refractivity contribution in [3.05, 3.63) is 41.4 Å². The molecule has 2 heterocycles. The fourth-order valence-electron chi connectivity index (χ4n) is 2.80. The predicted octanol–water partition coefficient (Wildman–Crippen LogP) is 2.15. The largest absolute Gasteiger partial charge is 0.394 e. The second-order valence-electron chi connectivity index (χ2n) is 5.86. The molecule has 8 heteroatoms. The van der Waals surface area contributed by atoms with E-state index in [4.69, 9.17) is 14.6 Å². The molecule has 1 amide bonds. The number of aromatic nitrogens is 2. The smallest absolute Gasteiger partial charge is 0.270 e. The number of methoxy groups -OCH3 is 1. The molecular formula is C19H23N3O4S. The van der Waals surface area contributed by atoms with Crippen LogP contribution in [-0.2, 0) is 16.0 Å². The number of nitrogens with one attached hydrogen (secondary N) is 1. The Morgan fingerprint density at radius 1 is 1.30 bits per heavy atom. The summed E-state index contributed by atoms with van der Waals surface area (Å²) >= 11 is 1.44. The van der Waals surface area contributed by atoms with Crippen LogP contribution in [0.5, 0.6) is 0 Å². The molecule has 3 rings (SSSR count). The highest BCUT2D eigenvalue weighted by Gasteiger charge is 2.16. The van der Waals surface area contributed by atoms with Gasteiger partial charge in [0.2, 0.25) is 0 Å². The van der Waals surface area contributed by atoms with E-state index in [1.807, 2.05) is 12.1 Å². The zero-order chi connectivity index (χ0) is 19.1. The summed E-state index contributed by atoms with van der Waals surface area (Å²) in [5, 5.41) is 15.1. The van der Waals surface area contributed by atoms with Crippen LogP contribution in [0.15, 0.2) is 35.7 Å². The van der Waals surface area contributed by atoms with Crippen LogP contribution in [0.1, 0.15) is 10.5 Å². The molecule has 0 aliphatic carbocycles. The highest BCUT2D eigenvalue weighted by atomic mass is 32.1. The highest BCUT2D eigenvalue weighted by Crippen LogP contribution is 2.30.